The van der Waals surface area contributed by atoms with Crippen molar-refractivity contribution in [3.63, 3.8) is 0 Å². The summed E-state index contributed by atoms with van der Waals surface area (Å²) in [6.45, 7) is 12.0. The van der Waals surface area contributed by atoms with Crippen molar-refractivity contribution in [3.8, 4) is 0 Å². The quantitative estimate of drug-likeness (QED) is 0.423. The van der Waals surface area contributed by atoms with Gasteiger partial charge in [0.2, 0.25) is 0 Å². The summed E-state index contributed by atoms with van der Waals surface area (Å²) in [4.78, 5) is 6.74. The zero-order valence-corrected chi connectivity index (χ0v) is 17.7. The number of thioether (sulfide) groups is 1. The van der Waals surface area contributed by atoms with Crippen LogP contribution in [0.5, 0.6) is 0 Å². The van der Waals surface area contributed by atoms with Crippen molar-refractivity contribution in [1.29, 1.82) is 0 Å². The predicted octanol–water partition coefficient (Wildman–Crippen LogP) is 6.34. The molecule has 0 spiro atoms. The van der Waals surface area contributed by atoms with Gasteiger partial charge in [-0.1, -0.05) is 41.6 Å². The van der Waals surface area contributed by atoms with E-state index < -0.39 is 0 Å². The van der Waals surface area contributed by atoms with Crippen molar-refractivity contribution in [3.05, 3.63) is 80.6 Å². The first-order valence-electron chi connectivity index (χ1n) is 8.68. The number of aliphatic imine (C=N–C) groups is 1. The van der Waals surface area contributed by atoms with Crippen LogP contribution in [0.2, 0.25) is 0 Å². The lowest BCUT2D eigenvalue weighted by Crippen LogP contribution is -2.12. The van der Waals surface area contributed by atoms with E-state index in [4.69, 9.17) is 0 Å². The molecule has 1 heterocycles. The van der Waals surface area contributed by atoms with Crippen molar-refractivity contribution in [2.75, 3.05) is 7.05 Å². The summed E-state index contributed by atoms with van der Waals surface area (Å²) in [5.41, 5.74) is 5.31. The average molecular weight is 371 g/mol. The Morgan fingerprint density at radius 2 is 1.85 bits per heavy atom. The highest BCUT2D eigenvalue weighted by molar-refractivity contribution is 8.08. The van der Waals surface area contributed by atoms with Crippen LogP contribution in [-0.4, -0.2) is 17.9 Å². The summed E-state index contributed by atoms with van der Waals surface area (Å²) >= 11 is 1.72. The van der Waals surface area contributed by atoms with Gasteiger partial charge in [-0.2, -0.15) is 0 Å². The molecule has 0 aliphatic carbocycles. The van der Waals surface area contributed by atoms with Gasteiger partial charge in [-0.15, -0.1) is 0 Å². The number of rotatable bonds is 6. The summed E-state index contributed by atoms with van der Waals surface area (Å²) < 4.78 is 0. The van der Waals surface area contributed by atoms with Gasteiger partial charge in [-0.3, -0.25) is 4.99 Å². The predicted molar refractivity (Wildman–Crippen MR) is 117 cm³/mol. The van der Waals surface area contributed by atoms with Crippen LogP contribution < -0.4 is 5.32 Å². The Morgan fingerprint density at radius 3 is 2.42 bits per heavy atom. The molecule has 0 aromatic heterocycles. The van der Waals surface area contributed by atoms with E-state index in [-0.39, 0.29) is 5.76 Å². The third-order valence-corrected chi connectivity index (χ3v) is 5.10. The molecule has 0 fully saturated rings. The molecule has 1 aliphatic rings. The molecule has 0 saturated heterocycles. The molecule has 0 saturated carbocycles. The number of aliphatic hydroxyl groups is 1. The minimum Gasteiger partial charge on any atom is -0.508 e. The van der Waals surface area contributed by atoms with Gasteiger partial charge in [-0.25, -0.2) is 0 Å². The van der Waals surface area contributed by atoms with Gasteiger partial charge < -0.3 is 10.4 Å². The van der Waals surface area contributed by atoms with Crippen LogP contribution in [0.4, 0.5) is 0 Å². The standard InChI is InChI=1S/C22H30N2OS/c1-8-10-11-15(3)12-16(4)21-14-20(23-7)22(26-21)18(6)24-17(5)13-19(25)9-2/h8-14,24-25H,1-7H3/b10-8-,15-11-,16-12+,17-13+,19-9+,22-18-,23-20-. The van der Waals surface area contributed by atoms with Crippen LogP contribution in [0.15, 0.2) is 85.6 Å². The maximum absolute atomic E-state index is 9.64. The fourth-order valence-electron chi connectivity index (χ4n) is 2.41. The summed E-state index contributed by atoms with van der Waals surface area (Å²) in [6.07, 6.45) is 13.9. The number of hydrogen-bond donors (Lipinski definition) is 2. The van der Waals surface area contributed by atoms with Crippen molar-refractivity contribution in [2.45, 2.75) is 41.5 Å². The number of aliphatic hydroxyl groups excluding tert-OH is 1. The first kappa shape index (κ1) is 21.8. The lowest BCUT2D eigenvalue weighted by Gasteiger charge is -2.11. The van der Waals surface area contributed by atoms with Gasteiger partial charge >= 0.3 is 0 Å². The van der Waals surface area contributed by atoms with Crippen LogP contribution in [0, 0.1) is 0 Å². The summed E-state index contributed by atoms with van der Waals surface area (Å²) in [6, 6.07) is 0. The van der Waals surface area contributed by atoms with E-state index in [1.54, 1.807) is 30.8 Å². The number of nitrogens with zero attached hydrogens (tertiary/aromatic N) is 1. The molecule has 0 bridgehead atoms. The topological polar surface area (TPSA) is 44.6 Å². The normalized spacial score (nSPS) is 20.9. The molecule has 1 rings (SSSR count). The Balaban J connectivity index is 3.07. The van der Waals surface area contributed by atoms with Crippen LogP contribution in [0.25, 0.3) is 0 Å². The second kappa shape index (κ2) is 10.7. The Hall–Kier alpha value is -2.20. The zero-order chi connectivity index (χ0) is 19.7. The summed E-state index contributed by atoms with van der Waals surface area (Å²) in [5.74, 6) is 0.247. The van der Waals surface area contributed by atoms with E-state index in [9.17, 15) is 5.11 Å². The molecule has 0 unspecified atom stereocenters. The molecule has 3 nitrogen and oxygen atoms in total. The fourth-order valence-corrected chi connectivity index (χ4v) is 3.48. The molecule has 1 aliphatic heterocycles. The van der Waals surface area contributed by atoms with Gasteiger partial charge in [0.25, 0.3) is 0 Å². The molecule has 4 heteroatoms. The van der Waals surface area contributed by atoms with E-state index in [0.29, 0.717) is 0 Å². The van der Waals surface area contributed by atoms with E-state index in [1.807, 2.05) is 40.0 Å². The smallest absolute Gasteiger partial charge is 0.113 e. The maximum atomic E-state index is 9.64. The lowest BCUT2D eigenvalue weighted by molar-refractivity contribution is 0.430. The van der Waals surface area contributed by atoms with E-state index in [1.165, 1.54) is 16.1 Å². The van der Waals surface area contributed by atoms with Crippen molar-refractivity contribution in [1.82, 2.24) is 5.32 Å². The Kier molecular flexibility index (Phi) is 9.00. The van der Waals surface area contributed by atoms with Crippen molar-refractivity contribution in [2.24, 2.45) is 4.99 Å². The largest absolute Gasteiger partial charge is 0.508 e. The second-order valence-corrected chi connectivity index (χ2v) is 7.16. The lowest BCUT2D eigenvalue weighted by atomic mass is 10.1. The minimum atomic E-state index is 0.247. The molecule has 0 atom stereocenters. The van der Waals surface area contributed by atoms with Gasteiger partial charge in [0.05, 0.1) is 10.6 Å². The molecule has 26 heavy (non-hydrogen) atoms. The monoisotopic (exact) mass is 370 g/mol. The minimum absolute atomic E-state index is 0.247. The van der Waals surface area contributed by atoms with E-state index in [0.717, 1.165) is 22.0 Å². The van der Waals surface area contributed by atoms with Crippen LogP contribution in [0.3, 0.4) is 0 Å². The molecule has 0 amide bonds. The SMILES string of the molecule is C\C=C/C=C(C)\C=C(/C)C1=CC(=N/C)/C(=C(\C)N/C(C)=C/C(O)=C\C)S1. The summed E-state index contributed by atoms with van der Waals surface area (Å²) in [5, 5.41) is 13.0. The van der Waals surface area contributed by atoms with Crippen molar-refractivity contribution >= 4 is 17.5 Å². The van der Waals surface area contributed by atoms with E-state index >= 15 is 0 Å². The molecule has 2 N–H and O–H groups in total. The number of hydrogen-bond acceptors (Lipinski definition) is 4. The third kappa shape index (κ3) is 6.60. The first-order valence-corrected chi connectivity index (χ1v) is 9.50. The maximum Gasteiger partial charge on any atom is 0.113 e. The highest BCUT2D eigenvalue weighted by atomic mass is 32.2. The number of nitrogens with one attached hydrogen (secondary N) is 1. The Bertz CT molecular complexity index is 772. The second-order valence-electron chi connectivity index (χ2n) is 6.10. The van der Waals surface area contributed by atoms with Crippen LogP contribution >= 0.6 is 11.8 Å². The average Bonchev–Trinajstić information content (AvgIpc) is 3.04. The van der Waals surface area contributed by atoms with Gasteiger partial charge in [0.1, 0.15) is 5.76 Å². The number of allylic oxidation sites excluding steroid dienone is 12. The van der Waals surface area contributed by atoms with Crippen molar-refractivity contribution < 1.29 is 5.11 Å². The molecule has 0 radical (unpaired) electrons. The van der Waals surface area contributed by atoms with Gasteiger partial charge in [0, 0.05) is 23.3 Å². The highest BCUT2D eigenvalue weighted by Gasteiger charge is 2.21. The van der Waals surface area contributed by atoms with Crippen LogP contribution in [-0.2, 0) is 0 Å². The van der Waals surface area contributed by atoms with Gasteiger partial charge in [-0.05, 0) is 65.3 Å². The Morgan fingerprint density at radius 1 is 1.15 bits per heavy atom. The molecular weight excluding hydrogens is 340 g/mol. The third-order valence-electron chi connectivity index (χ3n) is 3.72. The fraction of sp³-hybridized carbons (Fsp3) is 0.318. The molecular formula is C22H30N2OS. The van der Waals surface area contributed by atoms with Crippen LogP contribution in [0.1, 0.15) is 41.5 Å². The summed E-state index contributed by atoms with van der Waals surface area (Å²) in [7, 11) is 1.81. The molecule has 0 aromatic carbocycles. The molecule has 140 valence electrons. The van der Waals surface area contributed by atoms with E-state index in [2.05, 4.69) is 42.4 Å². The zero-order valence-electron chi connectivity index (χ0n) is 16.8. The van der Waals surface area contributed by atoms with Gasteiger partial charge in [0.15, 0.2) is 0 Å². The Labute approximate surface area is 162 Å². The molecule has 0 aromatic rings. The first-order chi connectivity index (χ1) is 12.3. The highest BCUT2D eigenvalue weighted by Crippen LogP contribution is 2.40.